The maximum Gasteiger partial charge on any atom is 0.235 e. The van der Waals surface area contributed by atoms with Gasteiger partial charge in [-0.25, -0.2) is 0 Å². The van der Waals surface area contributed by atoms with E-state index < -0.39 is 0 Å². The van der Waals surface area contributed by atoms with Gasteiger partial charge in [-0.05, 0) is 44.4 Å². The second-order valence-corrected chi connectivity index (χ2v) is 5.43. The van der Waals surface area contributed by atoms with E-state index in [1.54, 1.807) is 6.07 Å². The van der Waals surface area contributed by atoms with Crippen LogP contribution in [0.25, 0.3) is 0 Å². The quantitative estimate of drug-likeness (QED) is 0.464. The molecule has 3 nitrogen and oxygen atoms in total. The molecule has 1 aromatic rings. The van der Waals surface area contributed by atoms with E-state index >= 15 is 0 Å². The summed E-state index contributed by atoms with van der Waals surface area (Å²) >= 11 is 3.38. The van der Waals surface area contributed by atoms with Crippen molar-refractivity contribution in [1.29, 1.82) is 0 Å². The number of hydrogen-bond donors (Lipinski definition) is 0. The molecule has 0 unspecified atom stereocenters. The smallest absolute Gasteiger partial charge is 0.235 e. The third kappa shape index (κ3) is 3.00. The molecule has 1 heterocycles. The van der Waals surface area contributed by atoms with E-state index in [1.807, 2.05) is 26.0 Å². The first-order chi connectivity index (χ1) is 9.15. The van der Waals surface area contributed by atoms with E-state index in [4.69, 9.17) is 9.47 Å². The SMILES string of the molecule is CC(C)=C1Oc2cccc(OCCCCBr)c2C1=O. The van der Waals surface area contributed by atoms with Gasteiger partial charge in [0.2, 0.25) is 5.78 Å². The average Bonchev–Trinajstić information content (AvgIpc) is 2.73. The van der Waals surface area contributed by atoms with Gasteiger partial charge in [0.15, 0.2) is 5.76 Å². The topological polar surface area (TPSA) is 35.5 Å². The molecular weight excluding hydrogens is 308 g/mol. The molecule has 0 atom stereocenters. The zero-order valence-corrected chi connectivity index (χ0v) is 12.7. The van der Waals surface area contributed by atoms with Crippen LogP contribution in [0.15, 0.2) is 29.5 Å². The van der Waals surface area contributed by atoms with Crippen LogP contribution in [0.3, 0.4) is 0 Å². The number of benzene rings is 1. The zero-order chi connectivity index (χ0) is 13.8. The Bertz CT molecular complexity index is 516. The van der Waals surface area contributed by atoms with Crippen LogP contribution >= 0.6 is 15.9 Å². The maximum atomic E-state index is 12.3. The number of alkyl halides is 1. The van der Waals surface area contributed by atoms with Gasteiger partial charge in [-0.3, -0.25) is 4.79 Å². The van der Waals surface area contributed by atoms with E-state index in [2.05, 4.69) is 15.9 Å². The third-order valence-corrected chi connectivity index (χ3v) is 3.43. The molecule has 0 saturated heterocycles. The summed E-state index contributed by atoms with van der Waals surface area (Å²) in [5, 5.41) is 0.965. The minimum absolute atomic E-state index is 0.0777. The molecule has 0 aliphatic carbocycles. The van der Waals surface area contributed by atoms with Gasteiger partial charge in [0, 0.05) is 5.33 Å². The predicted octanol–water partition coefficient (Wildman–Crippen LogP) is 4.11. The van der Waals surface area contributed by atoms with Crippen molar-refractivity contribution in [2.45, 2.75) is 26.7 Å². The Balaban J connectivity index is 2.20. The molecule has 0 radical (unpaired) electrons. The Morgan fingerprint density at radius 3 is 2.79 bits per heavy atom. The number of ketones is 1. The van der Waals surface area contributed by atoms with Crippen molar-refractivity contribution in [2.75, 3.05) is 11.9 Å². The van der Waals surface area contributed by atoms with E-state index in [-0.39, 0.29) is 5.78 Å². The van der Waals surface area contributed by atoms with Gasteiger partial charge in [0.1, 0.15) is 17.1 Å². The second kappa shape index (κ2) is 6.24. The molecule has 0 saturated carbocycles. The van der Waals surface area contributed by atoms with Crippen LogP contribution in [-0.2, 0) is 0 Å². The fourth-order valence-corrected chi connectivity index (χ4v) is 2.31. The highest BCUT2D eigenvalue weighted by atomic mass is 79.9. The van der Waals surface area contributed by atoms with Gasteiger partial charge >= 0.3 is 0 Å². The average molecular weight is 325 g/mol. The fraction of sp³-hybridized carbons (Fsp3) is 0.400. The Morgan fingerprint density at radius 1 is 1.32 bits per heavy atom. The summed E-state index contributed by atoms with van der Waals surface area (Å²) in [5.74, 6) is 1.56. The Hall–Kier alpha value is -1.29. The number of hydrogen-bond acceptors (Lipinski definition) is 3. The highest BCUT2D eigenvalue weighted by Crippen LogP contribution is 2.38. The zero-order valence-electron chi connectivity index (χ0n) is 11.2. The molecule has 1 aliphatic heterocycles. The number of Topliss-reactive ketones (excluding diaryl/α,β-unsaturated/α-hetero) is 1. The molecular formula is C15H17BrO3. The molecule has 0 spiro atoms. The second-order valence-electron chi connectivity index (χ2n) is 4.63. The van der Waals surface area contributed by atoms with Gasteiger partial charge in [-0.1, -0.05) is 22.0 Å². The molecule has 0 amide bonds. The Labute approximate surface area is 121 Å². The molecule has 4 heteroatoms. The van der Waals surface area contributed by atoms with Crippen molar-refractivity contribution < 1.29 is 14.3 Å². The summed E-state index contributed by atoms with van der Waals surface area (Å²) in [6.45, 7) is 4.35. The number of carbonyl (C=O) groups is 1. The van der Waals surface area contributed by atoms with Crippen LogP contribution in [0.1, 0.15) is 37.0 Å². The van der Waals surface area contributed by atoms with Crippen molar-refractivity contribution >= 4 is 21.7 Å². The molecule has 102 valence electrons. The lowest BCUT2D eigenvalue weighted by molar-refractivity contribution is 0.101. The molecule has 0 bridgehead atoms. The normalized spacial score (nSPS) is 13.2. The molecule has 0 fully saturated rings. The standard InChI is InChI=1S/C15H17BrO3/c1-10(2)15-14(17)13-11(18-9-4-3-8-16)6-5-7-12(13)19-15/h5-7H,3-4,8-9H2,1-2H3. The van der Waals surface area contributed by atoms with E-state index in [9.17, 15) is 4.79 Å². The number of halogens is 1. The molecule has 1 aliphatic rings. The summed E-state index contributed by atoms with van der Waals surface area (Å²) in [6, 6.07) is 5.47. The van der Waals surface area contributed by atoms with Crippen LogP contribution < -0.4 is 9.47 Å². The lowest BCUT2D eigenvalue weighted by Crippen LogP contribution is -2.04. The number of ether oxygens (including phenoxy) is 2. The van der Waals surface area contributed by atoms with E-state index in [0.29, 0.717) is 29.4 Å². The lowest BCUT2D eigenvalue weighted by Gasteiger charge is -2.07. The minimum atomic E-state index is -0.0777. The first-order valence-corrected chi connectivity index (χ1v) is 7.49. The molecule has 0 aromatic heterocycles. The molecule has 1 aromatic carbocycles. The van der Waals surface area contributed by atoms with Crippen molar-refractivity contribution in [1.82, 2.24) is 0 Å². The van der Waals surface area contributed by atoms with Crippen LogP contribution in [0, 0.1) is 0 Å². The first-order valence-electron chi connectivity index (χ1n) is 6.37. The molecule has 2 rings (SSSR count). The lowest BCUT2D eigenvalue weighted by atomic mass is 10.1. The van der Waals surface area contributed by atoms with Crippen LogP contribution in [0.4, 0.5) is 0 Å². The van der Waals surface area contributed by atoms with Gasteiger partial charge in [-0.2, -0.15) is 0 Å². The Morgan fingerprint density at radius 2 is 2.11 bits per heavy atom. The van der Waals surface area contributed by atoms with Gasteiger partial charge < -0.3 is 9.47 Å². The summed E-state index contributed by atoms with van der Waals surface area (Å²) < 4.78 is 11.3. The monoisotopic (exact) mass is 324 g/mol. The van der Waals surface area contributed by atoms with Crippen LogP contribution in [0.2, 0.25) is 0 Å². The summed E-state index contributed by atoms with van der Waals surface area (Å²) in [4.78, 5) is 12.3. The van der Waals surface area contributed by atoms with Gasteiger partial charge in [0.05, 0.1) is 6.61 Å². The molecule has 0 N–H and O–H groups in total. The van der Waals surface area contributed by atoms with Gasteiger partial charge in [-0.15, -0.1) is 0 Å². The van der Waals surface area contributed by atoms with Crippen LogP contribution in [0.5, 0.6) is 11.5 Å². The number of carbonyl (C=O) groups excluding carboxylic acids is 1. The summed E-state index contributed by atoms with van der Waals surface area (Å²) in [6.07, 6.45) is 2.01. The van der Waals surface area contributed by atoms with Crippen molar-refractivity contribution in [3.05, 3.63) is 35.1 Å². The molecule has 19 heavy (non-hydrogen) atoms. The largest absolute Gasteiger partial charge is 0.493 e. The van der Waals surface area contributed by atoms with Crippen molar-refractivity contribution in [3.8, 4) is 11.5 Å². The number of rotatable bonds is 5. The number of allylic oxidation sites excluding steroid dienone is 2. The number of unbranched alkanes of at least 4 members (excludes halogenated alkanes) is 1. The highest BCUT2D eigenvalue weighted by molar-refractivity contribution is 9.09. The summed E-state index contributed by atoms with van der Waals surface area (Å²) in [5.41, 5.74) is 1.43. The van der Waals surface area contributed by atoms with E-state index in [0.717, 1.165) is 23.7 Å². The highest BCUT2D eigenvalue weighted by Gasteiger charge is 2.31. The first kappa shape index (κ1) is 14.1. The Kier molecular flexibility index (Phi) is 4.64. The third-order valence-electron chi connectivity index (χ3n) is 2.87. The van der Waals surface area contributed by atoms with Crippen LogP contribution in [-0.4, -0.2) is 17.7 Å². The fourth-order valence-electron chi connectivity index (χ4n) is 1.92. The summed E-state index contributed by atoms with van der Waals surface area (Å²) in [7, 11) is 0. The van der Waals surface area contributed by atoms with Gasteiger partial charge in [0.25, 0.3) is 0 Å². The van der Waals surface area contributed by atoms with Crippen molar-refractivity contribution in [2.24, 2.45) is 0 Å². The van der Waals surface area contributed by atoms with Crippen molar-refractivity contribution in [3.63, 3.8) is 0 Å². The van der Waals surface area contributed by atoms with E-state index in [1.165, 1.54) is 0 Å². The maximum absolute atomic E-state index is 12.3. The minimum Gasteiger partial charge on any atom is -0.493 e. The number of fused-ring (bicyclic) bond motifs is 1. The predicted molar refractivity (Wildman–Crippen MR) is 78.3 cm³/mol.